The molecule has 1 unspecified atom stereocenters. The number of benzene rings is 1. The second-order valence-corrected chi connectivity index (χ2v) is 6.26. The molecule has 130 valence electrons. The molecule has 0 bridgehead atoms. The zero-order valence-corrected chi connectivity index (χ0v) is 14.0. The molecule has 1 fully saturated rings. The van der Waals surface area contributed by atoms with Crippen LogP contribution >= 0.6 is 0 Å². The Morgan fingerprint density at radius 1 is 1.32 bits per heavy atom. The second-order valence-electron chi connectivity index (χ2n) is 6.26. The van der Waals surface area contributed by atoms with Gasteiger partial charge in [0.2, 0.25) is 0 Å². The van der Waals surface area contributed by atoms with Gasteiger partial charge in [0.25, 0.3) is 5.69 Å². The first-order valence-corrected chi connectivity index (χ1v) is 8.02. The minimum Gasteiger partial charge on any atom is -0.478 e. The van der Waals surface area contributed by atoms with Crippen LogP contribution in [0.4, 0.5) is 5.69 Å². The van der Waals surface area contributed by atoms with Gasteiger partial charge >= 0.3 is 5.97 Å². The summed E-state index contributed by atoms with van der Waals surface area (Å²) in [7, 11) is 0. The lowest BCUT2D eigenvalue weighted by Crippen LogP contribution is -2.32. The Hall–Kier alpha value is -2.96. The highest BCUT2D eigenvalue weighted by Gasteiger charge is 2.40. The van der Waals surface area contributed by atoms with Gasteiger partial charge in [0.1, 0.15) is 0 Å². The van der Waals surface area contributed by atoms with Crippen LogP contribution in [0.1, 0.15) is 38.2 Å². The Labute approximate surface area is 144 Å². The summed E-state index contributed by atoms with van der Waals surface area (Å²) >= 11 is 0. The SMILES string of the molecule is CC(=O)C1=C2CCCN2C(C)=C(C(=O)O)C1c1cccc([N+](=O)[O-])c1. The van der Waals surface area contributed by atoms with E-state index in [1.165, 1.54) is 25.1 Å². The van der Waals surface area contributed by atoms with Crippen molar-refractivity contribution in [2.45, 2.75) is 32.6 Å². The largest absolute Gasteiger partial charge is 0.478 e. The smallest absolute Gasteiger partial charge is 0.334 e. The topological polar surface area (TPSA) is 101 Å². The Kier molecular flexibility index (Phi) is 4.16. The van der Waals surface area contributed by atoms with Crippen LogP contribution in [-0.4, -0.2) is 33.2 Å². The molecule has 2 heterocycles. The van der Waals surface area contributed by atoms with Crippen molar-refractivity contribution in [2.75, 3.05) is 6.54 Å². The molecule has 7 nitrogen and oxygen atoms in total. The van der Waals surface area contributed by atoms with E-state index in [0.717, 1.165) is 12.1 Å². The molecule has 0 amide bonds. The average molecular weight is 342 g/mol. The molecule has 0 aliphatic carbocycles. The number of nitro benzene ring substituents is 1. The molecule has 2 aliphatic rings. The van der Waals surface area contributed by atoms with Gasteiger partial charge < -0.3 is 10.0 Å². The van der Waals surface area contributed by atoms with Crippen LogP contribution in [0.15, 0.2) is 46.8 Å². The van der Waals surface area contributed by atoms with E-state index in [4.69, 9.17) is 0 Å². The molecule has 1 saturated heterocycles. The van der Waals surface area contributed by atoms with E-state index in [9.17, 15) is 24.8 Å². The van der Waals surface area contributed by atoms with Crippen molar-refractivity contribution in [3.63, 3.8) is 0 Å². The first-order valence-electron chi connectivity index (χ1n) is 8.02. The predicted molar refractivity (Wildman–Crippen MR) is 89.8 cm³/mol. The highest BCUT2D eigenvalue weighted by molar-refractivity contribution is 6.01. The van der Waals surface area contributed by atoms with Gasteiger partial charge in [-0.05, 0) is 32.3 Å². The van der Waals surface area contributed by atoms with Crippen LogP contribution in [0.25, 0.3) is 0 Å². The number of Topliss-reactive ketones (excluding diaryl/α,β-unsaturated/α-hetero) is 1. The molecule has 0 spiro atoms. The Morgan fingerprint density at radius 3 is 2.64 bits per heavy atom. The number of rotatable bonds is 4. The number of ketones is 1. The number of nitrogens with zero attached hydrogens (tertiary/aromatic N) is 2. The zero-order chi connectivity index (χ0) is 18.3. The van der Waals surface area contributed by atoms with Crippen molar-refractivity contribution in [2.24, 2.45) is 0 Å². The average Bonchev–Trinajstić information content (AvgIpc) is 3.03. The van der Waals surface area contributed by atoms with E-state index >= 15 is 0 Å². The normalized spacial score (nSPS) is 19.9. The summed E-state index contributed by atoms with van der Waals surface area (Å²) in [6.07, 6.45) is 1.54. The van der Waals surface area contributed by atoms with Crippen LogP contribution in [0, 0.1) is 10.1 Å². The Balaban J connectivity index is 2.27. The summed E-state index contributed by atoms with van der Waals surface area (Å²) in [4.78, 5) is 36.8. The number of carbonyl (C=O) groups is 2. The van der Waals surface area contributed by atoms with Gasteiger partial charge in [-0.25, -0.2) is 4.79 Å². The Morgan fingerprint density at radius 2 is 2.04 bits per heavy atom. The number of carboxylic acids is 1. The van der Waals surface area contributed by atoms with Gasteiger partial charge in [0, 0.05) is 41.6 Å². The van der Waals surface area contributed by atoms with Gasteiger partial charge in [0.15, 0.2) is 5.78 Å². The van der Waals surface area contributed by atoms with Crippen LogP contribution in [0.5, 0.6) is 0 Å². The first kappa shape index (κ1) is 16.9. The maximum Gasteiger partial charge on any atom is 0.334 e. The molecule has 1 N–H and O–H groups in total. The van der Waals surface area contributed by atoms with Crippen molar-refractivity contribution in [1.29, 1.82) is 0 Å². The molecular formula is C18H18N2O5. The van der Waals surface area contributed by atoms with Crippen molar-refractivity contribution >= 4 is 17.4 Å². The highest BCUT2D eigenvalue weighted by Crippen LogP contribution is 2.46. The van der Waals surface area contributed by atoms with Crippen LogP contribution in [0.3, 0.4) is 0 Å². The molecule has 25 heavy (non-hydrogen) atoms. The standard InChI is InChI=1S/C18H18N2O5/c1-10-15(18(22)23)17(12-5-3-6-13(9-12)20(24)25)16(11(2)21)14-7-4-8-19(10)14/h3,5-6,9,17H,4,7-8H2,1-2H3,(H,22,23). The number of aliphatic carboxylic acids is 1. The maximum absolute atomic E-state index is 12.4. The molecule has 7 heteroatoms. The number of fused-ring (bicyclic) bond motifs is 1. The molecule has 1 atom stereocenters. The van der Waals surface area contributed by atoms with E-state index in [2.05, 4.69) is 0 Å². The molecule has 1 aromatic rings. The second kappa shape index (κ2) is 6.16. The van der Waals surface area contributed by atoms with Crippen LogP contribution in [0.2, 0.25) is 0 Å². The highest BCUT2D eigenvalue weighted by atomic mass is 16.6. The number of non-ortho nitro benzene ring substituents is 1. The van der Waals surface area contributed by atoms with Crippen molar-refractivity contribution < 1.29 is 19.6 Å². The minimum absolute atomic E-state index is 0.108. The third kappa shape index (κ3) is 2.71. The van der Waals surface area contributed by atoms with Crippen molar-refractivity contribution in [3.05, 3.63) is 62.5 Å². The van der Waals surface area contributed by atoms with Crippen molar-refractivity contribution in [1.82, 2.24) is 4.90 Å². The number of allylic oxidation sites excluding steroid dienone is 3. The first-order chi connectivity index (χ1) is 11.8. The summed E-state index contributed by atoms with van der Waals surface area (Å²) in [5, 5.41) is 20.9. The molecule has 1 aromatic carbocycles. The number of hydrogen-bond donors (Lipinski definition) is 1. The lowest BCUT2D eigenvalue weighted by Gasteiger charge is -2.35. The number of carbonyl (C=O) groups excluding carboxylic acids is 1. The van der Waals surface area contributed by atoms with Gasteiger partial charge in [-0.3, -0.25) is 14.9 Å². The lowest BCUT2D eigenvalue weighted by atomic mass is 9.78. The number of carboxylic acid groups (broad SMARTS) is 1. The van der Waals surface area contributed by atoms with Crippen molar-refractivity contribution in [3.8, 4) is 0 Å². The van der Waals surface area contributed by atoms with Crippen LogP contribution in [-0.2, 0) is 9.59 Å². The fourth-order valence-electron chi connectivity index (χ4n) is 3.83. The van der Waals surface area contributed by atoms with E-state index in [1.54, 1.807) is 13.0 Å². The van der Waals surface area contributed by atoms with Gasteiger partial charge in [0.05, 0.1) is 10.5 Å². The fraction of sp³-hybridized carbons (Fsp3) is 0.333. The molecule has 2 aliphatic heterocycles. The number of hydrogen-bond acceptors (Lipinski definition) is 5. The monoisotopic (exact) mass is 342 g/mol. The van der Waals surface area contributed by atoms with E-state index in [1.807, 2.05) is 4.90 Å². The third-order valence-corrected chi connectivity index (χ3v) is 4.83. The van der Waals surface area contributed by atoms with Crippen LogP contribution < -0.4 is 0 Å². The van der Waals surface area contributed by atoms with Gasteiger partial charge in [-0.2, -0.15) is 0 Å². The molecular weight excluding hydrogens is 324 g/mol. The summed E-state index contributed by atoms with van der Waals surface area (Å²) < 4.78 is 0. The van der Waals surface area contributed by atoms with E-state index in [-0.39, 0.29) is 17.0 Å². The molecule has 0 aromatic heterocycles. The molecule has 3 rings (SSSR count). The van der Waals surface area contributed by atoms with E-state index in [0.29, 0.717) is 29.8 Å². The predicted octanol–water partition coefficient (Wildman–Crippen LogP) is 2.99. The van der Waals surface area contributed by atoms with Gasteiger partial charge in [-0.15, -0.1) is 0 Å². The fourth-order valence-corrected chi connectivity index (χ4v) is 3.83. The summed E-state index contributed by atoms with van der Waals surface area (Å²) in [5.74, 6) is -2.11. The maximum atomic E-state index is 12.4. The lowest BCUT2D eigenvalue weighted by molar-refractivity contribution is -0.384. The summed E-state index contributed by atoms with van der Waals surface area (Å²) in [5.41, 5.74) is 2.31. The number of nitro groups is 1. The third-order valence-electron chi connectivity index (χ3n) is 4.83. The summed E-state index contributed by atoms with van der Waals surface area (Å²) in [6, 6.07) is 5.87. The summed E-state index contributed by atoms with van der Waals surface area (Å²) in [6.45, 7) is 3.83. The molecule has 0 saturated carbocycles. The quantitative estimate of drug-likeness (QED) is 0.667. The van der Waals surface area contributed by atoms with Gasteiger partial charge in [-0.1, -0.05) is 12.1 Å². The zero-order valence-electron chi connectivity index (χ0n) is 14.0. The van der Waals surface area contributed by atoms with E-state index < -0.39 is 16.8 Å². The Bertz CT molecular complexity index is 853. The minimum atomic E-state index is -1.11. The molecule has 0 radical (unpaired) electrons.